The molecule has 3 rings (SSSR count). The molecule has 1 aromatic heterocycles. The maximum absolute atomic E-state index is 12.1. The number of ether oxygens (including phenoxy) is 4. The van der Waals surface area contributed by atoms with E-state index in [1.165, 1.54) is 27.7 Å². The molecule has 5 atom stereocenters. The third-order valence-electron chi connectivity index (χ3n) is 4.80. The predicted octanol–water partition coefficient (Wildman–Crippen LogP) is 2.03. The Morgan fingerprint density at radius 1 is 0.971 bits per heavy atom. The van der Waals surface area contributed by atoms with Crippen LogP contribution >= 0.6 is 23.4 Å². The van der Waals surface area contributed by atoms with Crippen molar-refractivity contribution in [2.75, 3.05) is 6.61 Å². The van der Waals surface area contributed by atoms with Crippen molar-refractivity contribution in [1.82, 2.24) is 15.3 Å². The first kappa shape index (κ1) is 26.6. The lowest BCUT2D eigenvalue weighted by molar-refractivity contribution is -0.211. The molecule has 1 N–H and O–H groups in total. The van der Waals surface area contributed by atoms with Crippen LogP contribution in [-0.2, 0) is 38.1 Å². The normalized spacial score (nSPS) is 23.9. The summed E-state index contributed by atoms with van der Waals surface area (Å²) in [5, 5.41) is 3.09. The topological polar surface area (TPSA) is 143 Å². The molecular weight excluding hydrogens is 502 g/mol. The fourth-order valence-electron chi connectivity index (χ4n) is 3.54. The van der Waals surface area contributed by atoms with Gasteiger partial charge in [0.15, 0.2) is 17.4 Å². The van der Waals surface area contributed by atoms with Gasteiger partial charge in [0.25, 0.3) is 0 Å². The van der Waals surface area contributed by atoms with Gasteiger partial charge in [0.2, 0.25) is 5.91 Å². The molecule has 13 heteroatoms. The molecule has 0 bridgehead atoms. The summed E-state index contributed by atoms with van der Waals surface area (Å²) in [5.41, 5.74) is 0.228. The Kier molecular flexibility index (Phi) is 8.87. The second-order valence-corrected chi connectivity index (χ2v) is 9.09. The molecule has 11 nitrogen and oxygen atoms in total. The Labute approximate surface area is 210 Å². The number of nitrogens with zero attached hydrogens (tertiary/aromatic N) is 2. The van der Waals surface area contributed by atoms with Crippen LogP contribution in [0.1, 0.15) is 27.7 Å². The van der Waals surface area contributed by atoms with Crippen molar-refractivity contribution in [2.45, 2.75) is 62.5 Å². The van der Waals surface area contributed by atoms with Crippen LogP contribution in [0, 0.1) is 0 Å². The Hall–Kier alpha value is -2.96. The van der Waals surface area contributed by atoms with Gasteiger partial charge < -0.3 is 24.3 Å². The third kappa shape index (κ3) is 7.03. The van der Waals surface area contributed by atoms with Crippen molar-refractivity contribution in [3.63, 3.8) is 0 Å². The number of amides is 1. The van der Waals surface area contributed by atoms with Crippen molar-refractivity contribution in [3.05, 3.63) is 29.4 Å². The highest BCUT2D eigenvalue weighted by molar-refractivity contribution is 7.99. The lowest BCUT2D eigenvalue weighted by Crippen LogP contribution is -2.65. The van der Waals surface area contributed by atoms with Gasteiger partial charge in [0.05, 0.1) is 11.0 Å². The summed E-state index contributed by atoms with van der Waals surface area (Å²) in [6.07, 6.45) is -3.37. The number of halogens is 1. The van der Waals surface area contributed by atoms with E-state index in [2.05, 4.69) is 15.3 Å². The first-order valence-electron chi connectivity index (χ1n) is 10.5. The summed E-state index contributed by atoms with van der Waals surface area (Å²) < 4.78 is 22.1. The van der Waals surface area contributed by atoms with Gasteiger partial charge in [0, 0.05) is 27.7 Å². The van der Waals surface area contributed by atoms with Crippen molar-refractivity contribution in [2.24, 2.45) is 0 Å². The number of esters is 3. The van der Waals surface area contributed by atoms with Gasteiger partial charge in [-0.2, -0.15) is 0 Å². The Morgan fingerprint density at radius 2 is 1.57 bits per heavy atom. The van der Waals surface area contributed by atoms with E-state index in [0.29, 0.717) is 16.1 Å². The van der Waals surface area contributed by atoms with Gasteiger partial charge in [-0.25, -0.2) is 9.97 Å². The predicted molar refractivity (Wildman–Crippen MR) is 124 cm³/mol. The van der Waals surface area contributed by atoms with E-state index >= 15 is 0 Å². The summed E-state index contributed by atoms with van der Waals surface area (Å²) in [4.78, 5) is 56.2. The average Bonchev–Trinajstić information content (AvgIpc) is 2.76. The number of hydrogen-bond donors (Lipinski definition) is 1. The second-order valence-electron chi connectivity index (χ2n) is 7.65. The number of fused-ring (bicyclic) bond motifs is 1. The molecule has 188 valence electrons. The molecule has 0 aliphatic carbocycles. The van der Waals surface area contributed by atoms with E-state index in [1.54, 1.807) is 24.3 Å². The zero-order valence-corrected chi connectivity index (χ0v) is 20.9. The molecule has 1 amide bonds. The van der Waals surface area contributed by atoms with E-state index in [0.717, 1.165) is 11.8 Å². The Balaban J connectivity index is 2.03. The fraction of sp³-hybridized carbons (Fsp3) is 0.455. The summed E-state index contributed by atoms with van der Waals surface area (Å²) in [6, 6.07) is 6.14. The van der Waals surface area contributed by atoms with Gasteiger partial charge in [-0.05, 0) is 12.1 Å². The standard InChI is InChI=1S/C22H24ClN3O8S/c1-10(27)24-17-19(33-13(4)30)18(32-12(3)29)16(9-31-11(2)28)34-22(17)35-21-20(23)25-14-7-5-6-8-15(14)26-21/h5-8,16-19,22H,9H2,1-4H3,(H,24,27)/t16-,17-,18-,19-,22+/m1/s1. The molecule has 1 saturated heterocycles. The van der Waals surface area contributed by atoms with Crippen LogP contribution in [-0.4, -0.2) is 70.2 Å². The third-order valence-corrected chi connectivity index (χ3v) is 6.32. The average molecular weight is 526 g/mol. The zero-order chi connectivity index (χ0) is 25.7. The number of benzene rings is 1. The van der Waals surface area contributed by atoms with E-state index in [9.17, 15) is 19.2 Å². The number of hydrogen-bond acceptors (Lipinski definition) is 11. The van der Waals surface area contributed by atoms with Crippen LogP contribution in [0.15, 0.2) is 29.3 Å². The molecule has 35 heavy (non-hydrogen) atoms. The number of carbonyl (C=O) groups excluding carboxylic acids is 4. The van der Waals surface area contributed by atoms with Crippen LogP contribution in [0.3, 0.4) is 0 Å². The van der Waals surface area contributed by atoms with Crippen molar-refractivity contribution < 1.29 is 38.1 Å². The van der Waals surface area contributed by atoms with Crippen LogP contribution in [0.4, 0.5) is 0 Å². The molecule has 0 saturated carbocycles. The molecule has 2 heterocycles. The zero-order valence-electron chi connectivity index (χ0n) is 19.3. The van der Waals surface area contributed by atoms with E-state index in [4.69, 9.17) is 30.5 Å². The van der Waals surface area contributed by atoms with E-state index in [1.807, 2.05) is 0 Å². The highest BCUT2D eigenvalue weighted by Gasteiger charge is 2.51. The number of rotatable bonds is 7. The number of aromatic nitrogens is 2. The van der Waals surface area contributed by atoms with Crippen molar-refractivity contribution in [1.29, 1.82) is 0 Å². The van der Waals surface area contributed by atoms with Gasteiger partial charge in [-0.15, -0.1) is 0 Å². The number of thioether (sulfide) groups is 1. The monoisotopic (exact) mass is 525 g/mol. The van der Waals surface area contributed by atoms with Crippen molar-refractivity contribution >= 4 is 58.2 Å². The van der Waals surface area contributed by atoms with Crippen LogP contribution in [0.5, 0.6) is 0 Å². The minimum atomic E-state index is -1.18. The highest BCUT2D eigenvalue weighted by Crippen LogP contribution is 2.38. The number of nitrogens with one attached hydrogen (secondary N) is 1. The quantitative estimate of drug-likeness (QED) is 0.419. The Morgan fingerprint density at radius 3 is 2.14 bits per heavy atom. The fourth-order valence-corrected chi connectivity index (χ4v) is 4.89. The van der Waals surface area contributed by atoms with Crippen LogP contribution in [0.2, 0.25) is 5.15 Å². The summed E-state index contributed by atoms with van der Waals surface area (Å²) in [6.45, 7) is 4.55. The molecule has 2 aromatic rings. The van der Waals surface area contributed by atoms with E-state index < -0.39 is 53.6 Å². The molecule has 1 fully saturated rings. The lowest BCUT2D eigenvalue weighted by atomic mass is 9.97. The second kappa shape index (κ2) is 11.6. The first-order valence-corrected chi connectivity index (χ1v) is 11.8. The molecule has 1 aliphatic heterocycles. The van der Waals surface area contributed by atoms with Crippen LogP contribution < -0.4 is 5.32 Å². The summed E-state index contributed by atoms with van der Waals surface area (Å²) in [7, 11) is 0. The Bertz CT molecular complexity index is 1130. The van der Waals surface area contributed by atoms with Crippen molar-refractivity contribution in [3.8, 4) is 0 Å². The molecule has 1 aromatic carbocycles. The van der Waals surface area contributed by atoms with Gasteiger partial charge >= 0.3 is 17.9 Å². The lowest BCUT2D eigenvalue weighted by Gasteiger charge is -2.44. The number of para-hydroxylation sites is 2. The molecule has 0 spiro atoms. The molecule has 1 aliphatic rings. The molecule has 0 radical (unpaired) electrons. The minimum Gasteiger partial charge on any atom is -0.463 e. The smallest absolute Gasteiger partial charge is 0.303 e. The largest absolute Gasteiger partial charge is 0.463 e. The van der Waals surface area contributed by atoms with Gasteiger partial charge in [0.1, 0.15) is 29.2 Å². The molecular formula is C22H24ClN3O8S. The molecule has 0 unspecified atom stereocenters. The summed E-state index contributed by atoms with van der Waals surface area (Å²) in [5.74, 6) is -2.39. The van der Waals surface area contributed by atoms with Crippen LogP contribution in [0.25, 0.3) is 11.0 Å². The minimum absolute atomic E-state index is 0.0987. The first-order chi connectivity index (χ1) is 16.5. The van der Waals surface area contributed by atoms with Gasteiger partial charge in [-0.1, -0.05) is 35.5 Å². The van der Waals surface area contributed by atoms with Gasteiger partial charge in [-0.3, -0.25) is 19.2 Å². The maximum Gasteiger partial charge on any atom is 0.303 e. The number of carbonyl (C=O) groups is 4. The maximum atomic E-state index is 12.1. The van der Waals surface area contributed by atoms with E-state index in [-0.39, 0.29) is 11.8 Å². The SMILES string of the molecule is CC(=O)N[C@@H]1[C@@H](OC(C)=O)[C@H](OC(C)=O)[C@@H](COC(C)=O)O[C@H]1Sc1nc2ccccc2nc1Cl. The highest BCUT2D eigenvalue weighted by atomic mass is 35.5. The summed E-state index contributed by atoms with van der Waals surface area (Å²) >= 11 is 7.40.